The van der Waals surface area contributed by atoms with Crippen LogP contribution >= 0.6 is 0 Å². The first kappa shape index (κ1) is 17.1. The molecule has 2 aromatic rings. The van der Waals surface area contributed by atoms with Crippen LogP contribution in [0.4, 0.5) is 0 Å². The second-order valence-corrected chi connectivity index (χ2v) is 8.39. The first-order valence-corrected chi connectivity index (χ1v) is 9.47. The van der Waals surface area contributed by atoms with Gasteiger partial charge in [-0.25, -0.2) is 4.79 Å². The van der Waals surface area contributed by atoms with E-state index in [-0.39, 0.29) is 23.6 Å². The maximum atomic E-state index is 13.3. The standard InChI is InChI=1S/C21H26N2O3/c1-13-9-10-16-15(11-13)17-18(26-21(16,2)3)22-20(25)23(19(17)24)12-14-7-5-4-6-8-14/h4-8,13,15-16H,9-12H2,1-3H3,(H,22,25)/t13-,15-,16+/m1/s1. The van der Waals surface area contributed by atoms with Gasteiger partial charge < -0.3 is 4.74 Å². The number of aromatic amines is 1. The highest BCUT2D eigenvalue weighted by molar-refractivity contribution is 5.33. The second-order valence-electron chi connectivity index (χ2n) is 8.39. The van der Waals surface area contributed by atoms with Crippen molar-refractivity contribution in [2.24, 2.45) is 11.8 Å². The van der Waals surface area contributed by atoms with E-state index in [1.54, 1.807) is 0 Å². The monoisotopic (exact) mass is 354 g/mol. The maximum Gasteiger partial charge on any atom is 0.331 e. The number of fused-ring (bicyclic) bond motifs is 3. The minimum absolute atomic E-state index is 0.142. The van der Waals surface area contributed by atoms with Gasteiger partial charge in [0.25, 0.3) is 5.56 Å². The fourth-order valence-corrected chi connectivity index (χ4v) is 4.75. The van der Waals surface area contributed by atoms with E-state index in [1.165, 1.54) is 4.57 Å². The van der Waals surface area contributed by atoms with Gasteiger partial charge in [0.15, 0.2) is 0 Å². The van der Waals surface area contributed by atoms with Crippen molar-refractivity contribution in [1.29, 1.82) is 0 Å². The van der Waals surface area contributed by atoms with Crippen molar-refractivity contribution >= 4 is 0 Å². The highest BCUT2D eigenvalue weighted by atomic mass is 16.5. The lowest BCUT2D eigenvalue weighted by Gasteiger charge is -2.47. The first-order valence-electron chi connectivity index (χ1n) is 9.47. The summed E-state index contributed by atoms with van der Waals surface area (Å²) in [6, 6.07) is 9.61. The summed E-state index contributed by atoms with van der Waals surface area (Å²) in [5.41, 5.74) is 0.615. The minimum Gasteiger partial charge on any atom is -0.472 e. The molecule has 2 heterocycles. The zero-order valence-electron chi connectivity index (χ0n) is 15.6. The maximum absolute atomic E-state index is 13.3. The highest BCUT2D eigenvalue weighted by Crippen LogP contribution is 2.50. The summed E-state index contributed by atoms with van der Waals surface area (Å²) in [6.45, 7) is 6.65. The van der Waals surface area contributed by atoms with Crippen LogP contribution in [0.25, 0.3) is 0 Å². The van der Waals surface area contributed by atoms with Crippen molar-refractivity contribution in [3.05, 3.63) is 62.3 Å². The minimum atomic E-state index is -0.407. The SMILES string of the molecule is C[C@@H]1CC[C@H]2[C@@H](C1)c1c([nH]c(=O)n(Cc3ccccc3)c1=O)OC2(C)C. The van der Waals surface area contributed by atoms with E-state index in [1.807, 2.05) is 30.3 Å². The van der Waals surface area contributed by atoms with Gasteiger partial charge in [-0.3, -0.25) is 14.3 Å². The summed E-state index contributed by atoms with van der Waals surface area (Å²) < 4.78 is 7.43. The molecule has 1 fully saturated rings. The summed E-state index contributed by atoms with van der Waals surface area (Å²) in [6.07, 6.45) is 3.18. The quantitative estimate of drug-likeness (QED) is 0.900. The zero-order chi connectivity index (χ0) is 18.5. The molecule has 26 heavy (non-hydrogen) atoms. The van der Waals surface area contributed by atoms with Crippen molar-refractivity contribution in [3.63, 3.8) is 0 Å². The molecule has 4 rings (SSSR count). The van der Waals surface area contributed by atoms with Crippen molar-refractivity contribution < 1.29 is 4.74 Å². The molecule has 1 aromatic carbocycles. The molecule has 2 aliphatic rings. The Morgan fingerprint density at radius 2 is 1.92 bits per heavy atom. The molecular weight excluding hydrogens is 328 g/mol. The van der Waals surface area contributed by atoms with Gasteiger partial charge in [0.05, 0.1) is 12.1 Å². The van der Waals surface area contributed by atoms with E-state index in [0.29, 0.717) is 23.3 Å². The van der Waals surface area contributed by atoms with Gasteiger partial charge in [-0.15, -0.1) is 0 Å². The van der Waals surface area contributed by atoms with Gasteiger partial charge in [-0.2, -0.15) is 0 Å². The molecule has 5 heteroatoms. The van der Waals surface area contributed by atoms with E-state index in [2.05, 4.69) is 25.8 Å². The van der Waals surface area contributed by atoms with Gasteiger partial charge in [-0.05, 0) is 38.2 Å². The number of rotatable bonds is 2. The normalized spacial score (nSPS) is 26.5. The van der Waals surface area contributed by atoms with Crippen LogP contribution in [0.15, 0.2) is 39.9 Å². The molecule has 1 saturated carbocycles. The van der Waals surface area contributed by atoms with Crippen LogP contribution in [0.2, 0.25) is 0 Å². The predicted molar refractivity (Wildman–Crippen MR) is 101 cm³/mol. The molecule has 138 valence electrons. The lowest BCUT2D eigenvalue weighted by molar-refractivity contribution is -0.0191. The second kappa shape index (κ2) is 6.15. The van der Waals surface area contributed by atoms with Crippen molar-refractivity contribution in [2.45, 2.75) is 58.1 Å². The molecule has 0 unspecified atom stereocenters. The Kier molecular flexibility index (Phi) is 4.05. The van der Waals surface area contributed by atoms with E-state index in [0.717, 1.165) is 24.8 Å². The number of ether oxygens (including phenoxy) is 1. The number of aromatic nitrogens is 2. The summed E-state index contributed by atoms with van der Waals surface area (Å²) in [7, 11) is 0. The summed E-state index contributed by atoms with van der Waals surface area (Å²) in [5.74, 6) is 1.40. The van der Waals surface area contributed by atoms with E-state index in [4.69, 9.17) is 4.74 Å². The third-order valence-corrected chi connectivity index (χ3v) is 6.11. The molecule has 0 radical (unpaired) electrons. The number of hydrogen-bond acceptors (Lipinski definition) is 3. The van der Waals surface area contributed by atoms with Crippen molar-refractivity contribution in [1.82, 2.24) is 9.55 Å². The average Bonchev–Trinajstić information content (AvgIpc) is 2.58. The highest BCUT2D eigenvalue weighted by Gasteiger charge is 2.47. The van der Waals surface area contributed by atoms with Gasteiger partial charge in [-0.1, -0.05) is 43.7 Å². The van der Waals surface area contributed by atoms with Crippen LogP contribution in [-0.2, 0) is 6.54 Å². The Hall–Kier alpha value is -2.30. The molecular formula is C21H26N2O3. The number of nitrogens with zero attached hydrogens (tertiary/aromatic N) is 1. The fourth-order valence-electron chi connectivity index (χ4n) is 4.75. The Balaban J connectivity index is 1.84. The Morgan fingerprint density at radius 3 is 2.65 bits per heavy atom. The summed E-state index contributed by atoms with van der Waals surface area (Å²) >= 11 is 0. The summed E-state index contributed by atoms with van der Waals surface area (Å²) in [4.78, 5) is 28.7. The molecule has 0 saturated heterocycles. The third-order valence-electron chi connectivity index (χ3n) is 6.11. The lowest BCUT2D eigenvalue weighted by Crippen LogP contribution is -2.51. The van der Waals surface area contributed by atoms with Gasteiger partial charge in [0.1, 0.15) is 5.60 Å². The van der Waals surface area contributed by atoms with Gasteiger partial charge in [0.2, 0.25) is 5.88 Å². The zero-order valence-corrected chi connectivity index (χ0v) is 15.6. The molecule has 5 nitrogen and oxygen atoms in total. The first-order chi connectivity index (χ1) is 12.4. The van der Waals surface area contributed by atoms with Crippen molar-refractivity contribution in [3.8, 4) is 5.88 Å². The van der Waals surface area contributed by atoms with Gasteiger partial charge >= 0.3 is 5.69 Å². The van der Waals surface area contributed by atoms with Crippen molar-refractivity contribution in [2.75, 3.05) is 0 Å². The van der Waals surface area contributed by atoms with Crippen LogP contribution in [0.1, 0.15) is 57.1 Å². The molecule has 0 bridgehead atoms. The predicted octanol–water partition coefficient (Wildman–Crippen LogP) is 3.28. The third kappa shape index (κ3) is 2.79. The van der Waals surface area contributed by atoms with Crippen LogP contribution in [0, 0.1) is 11.8 Å². The van der Waals surface area contributed by atoms with E-state index in [9.17, 15) is 9.59 Å². The summed E-state index contributed by atoms with van der Waals surface area (Å²) in [5, 5.41) is 0. The molecule has 3 atom stereocenters. The van der Waals surface area contributed by atoms with Crippen LogP contribution in [-0.4, -0.2) is 15.2 Å². The lowest BCUT2D eigenvalue weighted by atomic mass is 9.65. The van der Waals surface area contributed by atoms with E-state index < -0.39 is 5.69 Å². The molecule has 0 spiro atoms. The van der Waals surface area contributed by atoms with Crippen LogP contribution in [0.3, 0.4) is 0 Å². The molecule has 1 aliphatic carbocycles. The fraction of sp³-hybridized carbons (Fsp3) is 0.524. The molecule has 0 amide bonds. The average molecular weight is 354 g/mol. The topological polar surface area (TPSA) is 64.1 Å². The van der Waals surface area contributed by atoms with Gasteiger partial charge in [0, 0.05) is 11.8 Å². The number of nitrogens with one attached hydrogen (secondary N) is 1. The molecule has 1 N–H and O–H groups in total. The number of H-pyrrole nitrogens is 1. The number of benzene rings is 1. The largest absolute Gasteiger partial charge is 0.472 e. The molecule has 1 aliphatic heterocycles. The Labute approximate surface area is 153 Å². The van der Waals surface area contributed by atoms with E-state index >= 15 is 0 Å². The smallest absolute Gasteiger partial charge is 0.331 e. The molecule has 1 aromatic heterocycles. The van der Waals surface area contributed by atoms with Crippen LogP contribution in [0.5, 0.6) is 5.88 Å². The Morgan fingerprint density at radius 1 is 1.19 bits per heavy atom. The van der Waals surface area contributed by atoms with Crippen LogP contribution < -0.4 is 16.0 Å². The Bertz CT molecular complexity index is 927. The number of hydrogen-bond donors (Lipinski definition) is 1.